The van der Waals surface area contributed by atoms with Gasteiger partial charge in [-0.3, -0.25) is 4.79 Å². The van der Waals surface area contributed by atoms with Crippen LogP contribution >= 0.6 is 0 Å². The van der Waals surface area contributed by atoms with Gasteiger partial charge < -0.3 is 19.5 Å². The molecule has 2 aliphatic heterocycles. The number of aliphatic hydroxyl groups is 1. The van der Waals surface area contributed by atoms with Crippen molar-refractivity contribution in [3.05, 3.63) is 11.1 Å². The number of carbonyl (C=O) groups is 1. The SMILES string of the molecule is CC[C@@]1(O)CC[C@@]2(CO1)[C@H]1CCC3=C4[C@H](CC3)[C@H](C(=O)OC)C[C@]42CN(C)C1. The molecular weight excluding hydrogens is 354 g/mol. The molecule has 0 aromatic rings. The highest BCUT2D eigenvalue weighted by molar-refractivity contribution is 5.75. The predicted octanol–water partition coefficient (Wildman–Crippen LogP) is 3.12. The van der Waals surface area contributed by atoms with Gasteiger partial charge in [0, 0.05) is 30.3 Å². The molecule has 5 nitrogen and oxygen atoms in total. The van der Waals surface area contributed by atoms with E-state index in [1.165, 1.54) is 20.0 Å². The van der Waals surface area contributed by atoms with Gasteiger partial charge in [0.25, 0.3) is 0 Å². The van der Waals surface area contributed by atoms with Crippen LogP contribution in [0.1, 0.15) is 58.3 Å². The Kier molecular flexibility index (Phi) is 4.29. The van der Waals surface area contributed by atoms with Crippen LogP contribution in [0.25, 0.3) is 0 Å². The molecule has 5 aliphatic rings. The van der Waals surface area contributed by atoms with Gasteiger partial charge in [-0.05, 0) is 63.8 Å². The lowest BCUT2D eigenvalue weighted by Crippen LogP contribution is -2.64. The Bertz CT molecular complexity index is 707. The van der Waals surface area contributed by atoms with Crippen LogP contribution in [0, 0.1) is 28.6 Å². The van der Waals surface area contributed by atoms with Gasteiger partial charge >= 0.3 is 5.97 Å². The van der Waals surface area contributed by atoms with Crippen LogP contribution in [-0.2, 0) is 14.3 Å². The largest absolute Gasteiger partial charge is 0.469 e. The fourth-order valence-corrected chi connectivity index (χ4v) is 8.02. The van der Waals surface area contributed by atoms with Gasteiger partial charge in [-0.15, -0.1) is 0 Å². The zero-order chi connectivity index (χ0) is 19.7. The van der Waals surface area contributed by atoms with E-state index >= 15 is 0 Å². The van der Waals surface area contributed by atoms with E-state index in [0.29, 0.717) is 31.3 Å². The van der Waals surface area contributed by atoms with Gasteiger partial charge in [-0.1, -0.05) is 18.1 Å². The first-order chi connectivity index (χ1) is 13.4. The van der Waals surface area contributed by atoms with Crippen molar-refractivity contribution < 1.29 is 19.4 Å². The zero-order valence-electron chi connectivity index (χ0n) is 17.6. The molecule has 2 heterocycles. The van der Waals surface area contributed by atoms with Crippen molar-refractivity contribution in [1.82, 2.24) is 4.90 Å². The second-order valence-electron chi connectivity index (χ2n) is 10.3. The Morgan fingerprint density at radius 1 is 1.32 bits per heavy atom. The molecule has 5 rings (SSSR count). The molecule has 3 aliphatic carbocycles. The second kappa shape index (κ2) is 6.29. The van der Waals surface area contributed by atoms with E-state index in [1.807, 2.05) is 6.92 Å². The van der Waals surface area contributed by atoms with E-state index in [4.69, 9.17) is 9.47 Å². The molecule has 3 fully saturated rings. The minimum Gasteiger partial charge on any atom is -0.469 e. The quantitative estimate of drug-likeness (QED) is 0.581. The Morgan fingerprint density at radius 2 is 2.11 bits per heavy atom. The molecule has 28 heavy (non-hydrogen) atoms. The van der Waals surface area contributed by atoms with Gasteiger partial charge in [0.2, 0.25) is 0 Å². The predicted molar refractivity (Wildman–Crippen MR) is 105 cm³/mol. The van der Waals surface area contributed by atoms with Crippen LogP contribution in [-0.4, -0.2) is 55.6 Å². The molecule has 0 amide bonds. The van der Waals surface area contributed by atoms with Crippen molar-refractivity contribution in [3.63, 3.8) is 0 Å². The number of likely N-dealkylation sites (tertiary alicyclic amines) is 1. The summed E-state index contributed by atoms with van der Waals surface area (Å²) in [6.07, 6.45) is 7.92. The van der Waals surface area contributed by atoms with E-state index < -0.39 is 5.79 Å². The van der Waals surface area contributed by atoms with E-state index in [9.17, 15) is 9.90 Å². The Morgan fingerprint density at radius 3 is 2.79 bits per heavy atom. The molecule has 5 heteroatoms. The summed E-state index contributed by atoms with van der Waals surface area (Å²) < 4.78 is 11.5. The van der Waals surface area contributed by atoms with Crippen molar-refractivity contribution in [2.24, 2.45) is 28.6 Å². The Hall–Kier alpha value is -0.910. The fraction of sp³-hybridized carbons (Fsp3) is 0.870. The number of piperidine rings is 1. The van der Waals surface area contributed by atoms with E-state index in [-0.39, 0.29) is 22.7 Å². The smallest absolute Gasteiger partial charge is 0.309 e. The molecule has 1 saturated carbocycles. The molecule has 0 unspecified atom stereocenters. The van der Waals surface area contributed by atoms with E-state index in [0.717, 1.165) is 38.8 Å². The highest BCUT2D eigenvalue weighted by Gasteiger charge is 2.69. The second-order valence-corrected chi connectivity index (χ2v) is 10.3. The lowest BCUT2D eigenvalue weighted by atomic mass is 9.50. The summed E-state index contributed by atoms with van der Waals surface area (Å²) in [5.74, 6) is -0.0810. The van der Waals surface area contributed by atoms with Crippen LogP contribution in [0.5, 0.6) is 0 Å². The minimum atomic E-state index is -0.971. The maximum atomic E-state index is 12.8. The van der Waals surface area contributed by atoms with Crippen molar-refractivity contribution in [1.29, 1.82) is 0 Å². The first-order valence-corrected chi connectivity index (χ1v) is 11.2. The summed E-state index contributed by atoms with van der Waals surface area (Å²) in [5.41, 5.74) is 3.31. The number of rotatable bonds is 2. The Labute approximate surface area is 168 Å². The van der Waals surface area contributed by atoms with Gasteiger partial charge in [0.05, 0.1) is 19.6 Å². The molecule has 0 aromatic carbocycles. The molecule has 2 spiro atoms. The number of hydrogen-bond donors (Lipinski definition) is 1. The molecule has 2 bridgehead atoms. The maximum absolute atomic E-state index is 12.8. The normalized spacial score (nSPS) is 47.9. The average molecular weight is 390 g/mol. The topological polar surface area (TPSA) is 59.0 Å². The van der Waals surface area contributed by atoms with Crippen LogP contribution in [0.3, 0.4) is 0 Å². The molecule has 1 N–H and O–H groups in total. The Balaban J connectivity index is 1.64. The molecule has 0 radical (unpaired) electrons. The van der Waals surface area contributed by atoms with Crippen molar-refractivity contribution in [3.8, 4) is 0 Å². The highest BCUT2D eigenvalue weighted by atomic mass is 16.6. The van der Waals surface area contributed by atoms with Gasteiger partial charge in [0.15, 0.2) is 5.79 Å². The number of hydrogen-bond acceptors (Lipinski definition) is 5. The van der Waals surface area contributed by atoms with Gasteiger partial charge in [-0.2, -0.15) is 0 Å². The number of ether oxygens (including phenoxy) is 2. The summed E-state index contributed by atoms with van der Waals surface area (Å²) in [6.45, 7) is 4.76. The molecule has 6 atom stereocenters. The van der Waals surface area contributed by atoms with Gasteiger partial charge in [0.1, 0.15) is 0 Å². The maximum Gasteiger partial charge on any atom is 0.309 e. The van der Waals surface area contributed by atoms with Crippen molar-refractivity contribution in [2.45, 2.75) is 64.1 Å². The molecule has 2 saturated heterocycles. The third-order valence-electron chi connectivity index (χ3n) is 9.30. The molecule has 0 aromatic heterocycles. The number of nitrogens with zero attached hydrogens (tertiary/aromatic N) is 1. The average Bonchev–Trinajstić information content (AvgIpc) is 3.23. The fourth-order valence-electron chi connectivity index (χ4n) is 8.02. The minimum absolute atomic E-state index is 0.00555. The van der Waals surface area contributed by atoms with Crippen LogP contribution in [0.2, 0.25) is 0 Å². The summed E-state index contributed by atoms with van der Waals surface area (Å²) in [4.78, 5) is 15.3. The monoisotopic (exact) mass is 389 g/mol. The van der Waals surface area contributed by atoms with E-state index in [1.54, 1.807) is 11.1 Å². The first-order valence-electron chi connectivity index (χ1n) is 11.2. The lowest BCUT2D eigenvalue weighted by Gasteiger charge is -2.61. The summed E-state index contributed by atoms with van der Waals surface area (Å²) in [5, 5.41) is 10.8. The molecule has 156 valence electrons. The molecular formula is C23H35NO4. The van der Waals surface area contributed by atoms with Crippen LogP contribution < -0.4 is 0 Å². The lowest BCUT2D eigenvalue weighted by molar-refractivity contribution is -0.284. The summed E-state index contributed by atoms with van der Waals surface area (Å²) >= 11 is 0. The van der Waals surface area contributed by atoms with Gasteiger partial charge in [-0.25, -0.2) is 0 Å². The number of carbonyl (C=O) groups excluding carboxylic acids is 1. The van der Waals surface area contributed by atoms with Crippen LogP contribution in [0.4, 0.5) is 0 Å². The third-order valence-corrected chi connectivity index (χ3v) is 9.30. The number of allylic oxidation sites excluding steroid dienone is 1. The third kappa shape index (κ3) is 2.33. The van der Waals surface area contributed by atoms with Crippen molar-refractivity contribution in [2.75, 3.05) is 33.9 Å². The number of methoxy groups -OCH3 is 1. The van der Waals surface area contributed by atoms with E-state index in [2.05, 4.69) is 11.9 Å². The summed E-state index contributed by atoms with van der Waals surface area (Å²) in [7, 11) is 3.78. The van der Waals surface area contributed by atoms with Crippen LogP contribution in [0.15, 0.2) is 11.1 Å². The summed E-state index contributed by atoms with van der Waals surface area (Å²) in [6, 6.07) is 0. The first kappa shape index (κ1) is 19.1. The number of esters is 1. The van der Waals surface area contributed by atoms with Crippen molar-refractivity contribution >= 4 is 5.97 Å². The highest BCUT2D eigenvalue weighted by Crippen LogP contribution is 2.71. The standard InChI is InChI=1S/C23H35NO4/c1-4-23(26)10-9-21(14-28-23)16-7-5-15-6-8-17-18(20(25)27-3)11-22(21,19(15)17)13-24(2)12-16/h16-18,26H,4-14H2,1-3H3/t16-,17+,18+,21+,22-,23-/m0/s1. The zero-order valence-corrected chi connectivity index (χ0v) is 17.6.